The van der Waals surface area contributed by atoms with E-state index in [1.807, 2.05) is 12.1 Å². The fourth-order valence-electron chi connectivity index (χ4n) is 7.09. The molecule has 0 saturated heterocycles. The Balaban J connectivity index is 0.000000304. The molecule has 6 aromatic rings. The molecule has 1 aliphatic rings. The molecular weight excluding hydrogens is 1020 g/mol. The number of halogens is 11. The van der Waals surface area contributed by atoms with Crippen LogP contribution in [0.1, 0.15) is 79.2 Å². The normalized spacial score (nSPS) is 14.1. The average Bonchev–Trinajstić information content (AvgIpc) is 3.80. The summed E-state index contributed by atoms with van der Waals surface area (Å²) in [4.78, 5) is 28.6. The second kappa shape index (κ2) is 23.4. The highest BCUT2D eigenvalue weighted by molar-refractivity contribution is 7.88. The molecule has 0 aromatic heterocycles. The highest BCUT2D eigenvalue weighted by Gasteiger charge is 2.49. The number of carbonyl (C=O) groups excluding carboxylic acids is 2. The molecule has 6 aromatic carbocycles. The molecule has 1 aliphatic heterocycles. The summed E-state index contributed by atoms with van der Waals surface area (Å²) in [5.74, 6) is -5.36. The fourth-order valence-corrected chi connectivity index (χ4v) is 8.00. The number of hydrogen-bond acceptors (Lipinski definition) is 9. The molecule has 1 N–H and O–H groups in total. The predicted octanol–water partition coefficient (Wildman–Crippen LogP) is 12.7. The summed E-state index contributed by atoms with van der Waals surface area (Å²) in [6.07, 6.45) is 0.854. The standard InChI is InChI=1S/C25H20F5NO5S.C23H16F5NO3S.CH4.FH/c1-15(32)31-22(13-14-23(33)24-20(26)3-2-4-21(24)27)18-7-5-16(6-8-18)17-9-11-19(12-10-17)36-37(34,35)25(28,29)30;24-18-2-1-3-19(25)22(18)21-13-12-20(29-21)16-6-4-14(5-7-16)15-8-10-17(11-9-15)32-33(30,31)23(26,27)28;;/h2-12,22H,13-14H2,1H3,(H,31,32);1-11,20H,12-13H2;1H4;1H/i/hT. The van der Waals surface area contributed by atoms with Crippen molar-refractivity contribution in [3.05, 3.63) is 179 Å². The number of nitrogens with zero attached hydrogens (tertiary/aromatic N) is 1. The number of amides is 1. The number of rotatable bonds is 14. The number of hydrogen-bond donors (Lipinski definition) is 1. The number of ketones is 1. The first-order valence-electron chi connectivity index (χ1n) is 20.9. The minimum Gasteiger partial charge on any atom is -0.376 e. The third kappa shape index (κ3) is 14.0. The van der Waals surface area contributed by atoms with Crippen LogP contribution in [0.2, 0.25) is 0 Å². The van der Waals surface area contributed by atoms with E-state index >= 15 is 0 Å². The highest BCUT2D eigenvalue weighted by Crippen LogP contribution is 2.35. The van der Waals surface area contributed by atoms with Crippen molar-refractivity contribution in [3.63, 3.8) is 0 Å². The average molecular weight is 1060 g/mol. The molecule has 2 atom stereocenters. The number of Topliss-reactive ketones (excluding diaryl/α,β-unsaturated/α-hetero) is 1. The van der Waals surface area contributed by atoms with Gasteiger partial charge in [0.1, 0.15) is 34.8 Å². The van der Waals surface area contributed by atoms with Crippen LogP contribution in [0, 0.1) is 23.3 Å². The van der Waals surface area contributed by atoms with Crippen molar-refractivity contribution >= 4 is 37.6 Å². The Labute approximate surface area is 407 Å². The lowest BCUT2D eigenvalue weighted by Crippen LogP contribution is -2.28. The summed E-state index contributed by atoms with van der Waals surface area (Å²) in [5.41, 5.74) is -7.50. The smallest absolute Gasteiger partial charge is 0.376 e. The van der Waals surface area contributed by atoms with Crippen LogP contribution in [-0.2, 0) is 25.0 Å². The van der Waals surface area contributed by atoms with Crippen LogP contribution >= 0.6 is 0 Å². The van der Waals surface area contributed by atoms with Crippen LogP contribution in [0.4, 0.5) is 48.6 Å². The molecule has 1 heterocycles. The predicted molar refractivity (Wildman–Crippen MR) is 246 cm³/mol. The molecule has 72 heavy (non-hydrogen) atoms. The SMILES string of the molecule is C.CC(=O)NC(CCC(=O)c1c(F)cccc1F)c1ccc(-c2ccc(OS(=O)(=O)C(F)(F)F)cc2)cc1.O=S(=O)(Oc1ccc(-c2ccc(C3CCC(c4c(F)cccc4F)=N3)cc2)cc1)C(F)(F)F.[3H]F. The third-order valence-corrected chi connectivity index (χ3v) is 12.4. The van der Waals surface area contributed by atoms with Gasteiger partial charge in [-0.05, 0) is 101 Å². The van der Waals surface area contributed by atoms with Crippen LogP contribution in [-0.4, -0.2) is 46.7 Å². The zero-order chi connectivity index (χ0) is 53.2. The van der Waals surface area contributed by atoms with Crippen molar-refractivity contribution in [2.75, 3.05) is 0 Å². The largest absolute Gasteiger partial charge is 0.534 e. The van der Waals surface area contributed by atoms with E-state index in [-0.39, 0.29) is 37.8 Å². The molecule has 0 radical (unpaired) electrons. The summed E-state index contributed by atoms with van der Waals surface area (Å²) < 4.78 is 196. The van der Waals surface area contributed by atoms with Crippen molar-refractivity contribution in [2.24, 2.45) is 4.99 Å². The second-order valence-corrected chi connectivity index (χ2v) is 18.4. The molecule has 0 fully saturated rings. The third-order valence-electron chi connectivity index (χ3n) is 10.5. The van der Waals surface area contributed by atoms with Crippen LogP contribution in [0.3, 0.4) is 0 Å². The molecular formula is C49H41F11N2O8S2. The van der Waals surface area contributed by atoms with Crippen LogP contribution in [0.25, 0.3) is 22.3 Å². The number of carbonyl (C=O) groups is 2. The Morgan fingerprint density at radius 2 is 1.04 bits per heavy atom. The molecule has 23 heteroatoms. The van der Waals surface area contributed by atoms with Gasteiger partial charge in [0, 0.05) is 19.1 Å². The second-order valence-electron chi connectivity index (χ2n) is 15.3. The van der Waals surface area contributed by atoms with Crippen LogP contribution in [0.15, 0.2) is 138 Å². The maximum Gasteiger partial charge on any atom is 0.534 e. The van der Waals surface area contributed by atoms with Gasteiger partial charge in [0.15, 0.2) is 5.78 Å². The Bertz CT molecular complexity index is 3080. The lowest BCUT2D eigenvalue weighted by atomic mass is 9.95. The van der Waals surface area contributed by atoms with Crippen LogP contribution < -0.4 is 13.7 Å². The Morgan fingerprint density at radius 3 is 1.44 bits per heavy atom. The van der Waals surface area contributed by atoms with Gasteiger partial charge in [-0.2, -0.15) is 43.2 Å². The first kappa shape index (κ1) is 55.8. The fraction of sp³-hybridized carbons (Fsp3) is 0.204. The van der Waals surface area contributed by atoms with Gasteiger partial charge < -0.3 is 13.7 Å². The maximum atomic E-state index is 14.0. The van der Waals surface area contributed by atoms with Crippen molar-refractivity contribution in [3.8, 4) is 33.8 Å². The molecule has 384 valence electrons. The monoisotopic (exact) mass is 1060 g/mol. The van der Waals surface area contributed by atoms with Gasteiger partial charge in [-0.3, -0.25) is 19.3 Å². The van der Waals surface area contributed by atoms with Crippen molar-refractivity contribution < 1.29 is 83.4 Å². The topological polar surface area (TPSA) is 145 Å². The lowest BCUT2D eigenvalue weighted by Gasteiger charge is -2.19. The number of alkyl halides is 6. The van der Waals surface area contributed by atoms with Gasteiger partial charge in [-0.1, -0.05) is 92.4 Å². The van der Waals surface area contributed by atoms with E-state index in [0.29, 0.717) is 40.8 Å². The Kier molecular flexibility index (Phi) is 18.1. The molecule has 0 saturated carbocycles. The zero-order valence-electron chi connectivity index (χ0n) is 37.4. The van der Waals surface area contributed by atoms with E-state index in [0.717, 1.165) is 53.6 Å². The number of nitrogens with one attached hydrogen (secondary N) is 1. The molecule has 7 rings (SSSR count). The van der Waals surface area contributed by atoms with Gasteiger partial charge in [-0.25, -0.2) is 17.6 Å². The maximum absolute atomic E-state index is 14.0. The number of aliphatic imine (C=N–C) groups is 1. The van der Waals surface area contributed by atoms with E-state index in [1.165, 1.54) is 49.4 Å². The van der Waals surface area contributed by atoms with Gasteiger partial charge in [-0.15, -0.1) is 0 Å². The summed E-state index contributed by atoms with van der Waals surface area (Å²) in [5, 5.41) is 2.69. The van der Waals surface area contributed by atoms with Gasteiger partial charge in [0.05, 0.1) is 23.2 Å². The quantitative estimate of drug-likeness (QED) is 0.0491. The van der Waals surface area contributed by atoms with Gasteiger partial charge in [0.25, 0.3) is 1.45 Å². The minimum absolute atomic E-state index is 0. The summed E-state index contributed by atoms with van der Waals surface area (Å²) in [6.45, 7) is 1.28. The van der Waals surface area contributed by atoms with Gasteiger partial charge >= 0.3 is 31.3 Å². The summed E-state index contributed by atoms with van der Waals surface area (Å²) >= 11 is 0. The molecule has 1 amide bonds. The Hall–Kier alpha value is -7.14. The van der Waals surface area contributed by atoms with Crippen molar-refractivity contribution in [2.45, 2.75) is 63.1 Å². The highest BCUT2D eigenvalue weighted by atomic mass is 32.2. The minimum atomic E-state index is -5.79. The molecule has 0 aliphatic carbocycles. The molecule has 0 spiro atoms. The van der Waals surface area contributed by atoms with E-state index in [1.54, 1.807) is 36.4 Å². The van der Waals surface area contributed by atoms with E-state index < -0.39 is 83.4 Å². The van der Waals surface area contributed by atoms with Gasteiger partial charge in [0.2, 0.25) is 5.91 Å². The van der Waals surface area contributed by atoms with Crippen molar-refractivity contribution in [1.29, 1.82) is 1.45 Å². The zero-order valence-corrected chi connectivity index (χ0v) is 38.0. The number of benzene rings is 6. The van der Waals surface area contributed by atoms with Crippen molar-refractivity contribution in [1.82, 2.24) is 5.32 Å². The molecule has 10 nitrogen and oxygen atoms in total. The molecule has 0 bridgehead atoms. The summed E-state index contributed by atoms with van der Waals surface area (Å²) in [6, 6.07) is 29.6. The van der Waals surface area contributed by atoms with E-state index in [4.69, 9.17) is 4.72 Å². The Morgan fingerprint density at radius 1 is 0.653 bits per heavy atom. The summed E-state index contributed by atoms with van der Waals surface area (Å²) in [7, 11) is -11.5. The lowest BCUT2D eigenvalue weighted by molar-refractivity contribution is -0.119. The molecule has 2 unspecified atom stereocenters. The van der Waals surface area contributed by atoms with E-state index in [2.05, 4.69) is 20.1 Å². The first-order valence-corrected chi connectivity index (χ1v) is 23.3. The van der Waals surface area contributed by atoms with E-state index in [9.17, 15) is 70.3 Å². The van der Waals surface area contributed by atoms with Crippen LogP contribution in [0.5, 0.6) is 11.5 Å². The first-order chi connectivity index (χ1) is 33.8.